The molecule has 1 aliphatic rings. The Hall–Kier alpha value is -3.42. The molecule has 3 aromatic rings. The summed E-state index contributed by atoms with van der Waals surface area (Å²) in [5, 5.41) is 22.0. The first-order valence-corrected chi connectivity index (χ1v) is 12.8. The number of carbonyl (C=O) groups excluding carboxylic acids is 2. The third-order valence-electron chi connectivity index (χ3n) is 5.63. The third-order valence-corrected chi connectivity index (χ3v) is 7.63. The molecule has 4 rings (SSSR count). The Morgan fingerprint density at radius 3 is 3.06 bits per heavy atom. The van der Waals surface area contributed by atoms with Crippen molar-refractivity contribution in [3.05, 3.63) is 62.4 Å². The Bertz CT molecular complexity index is 1220. The molecule has 1 unspecified atom stereocenters. The second kappa shape index (κ2) is 11.1. The van der Waals surface area contributed by atoms with Crippen LogP contribution in [0.15, 0.2) is 35.9 Å². The van der Waals surface area contributed by atoms with Gasteiger partial charge in [-0.2, -0.15) is 10.4 Å². The van der Waals surface area contributed by atoms with Gasteiger partial charge in [-0.05, 0) is 61.3 Å². The first-order valence-electron chi connectivity index (χ1n) is 11.1. The maximum absolute atomic E-state index is 12.4. The van der Waals surface area contributed by atoms with Gasteiger partial charge < -0.3 is 15.4 Å². The maximum atomic E-state index is 12.4. The molecule has 34 heavy (non-hydrogen) atoms. The fraction of sp³-hybridized carbons (Fsp3) is 0.333. The second-order valence-corrected chi connectivity index (χ2v) is 9.94. The Morgan fingerprint density at radius 2 is 2.29 bits per heavy atom. The van der Waals surface area contributed by atoms with E-state index in [0.29, 0.717) is 30.1 Å². The molecular formula is C24H25N5O3S2. The SMILES string of the molecule is CCn1nccc1CNC(=O)OCC1CCc2c(sc(NC(=O)/C=C/c3cccs3)c2C#N)C1. The van der Waals surface area contributed by atoms with Crippen molar-refractivity contribution in [1.29, 1.82) is 5.26 Å². The van der Waals surface area contributed by atoms with Crippen LogP contribution in [0.5, 0.6) is 0 Å². The summed E-state index contributed by atoms with van der Waals surface area (Å²) in [5.41, 5.74) is 2.46. The summed E-state index contributed by atoms with van der Waals surface area (Å²) >= 11 is 2.99. The van der Waals surface area contributed by atoms with Crippen molar-refractivity contribution in [1.82, 2.24) is 15.1 Å². The predicted octanol–water partition coefficient (Wildman–Crippen LogP) is 4.58. The lowest BCUT2D eigenvalue weighted by Gasteiger charge is -2.21. The first kappa shape index (κ1) is 23.7. The van der Waals surface area contributed by atoms with E-state index in [4.69, 9.17) is 4.74 Å². The van der Waals surface area contributed by atoms with Crippen molar-refractivity contribution in [3.63, 3.8) is 0 Å². The number of amides is 2. The quantitative estimate of drug-likeness (QED) is 0.445. The molecule has 0 fully saturated rings. The van der Waals surface area contributed by atoms with Gasteiger partial charge in [-0.25, -0.2) is 4.79 Å². The fourth-order valence-electron chi connectivity index (χ4n) is 3.90. The van der Waals surface area contributed by atoms with Crippen molar-refractivity contribution in [2.75, 3.05) is 11.9 Å². The van der Waals surface area contributed by atoms with Crippen LogP contribution in [0.25, 0.3) is 6.08 Å². The molecule has 3 heterocycles. The van der Waals surface area contributed by atoms with Gasteiger partial charge in [0, 0.05) is 28.6 Å². The van der Waals surface area contributed by atoms with Gasteiger partial charge >= 0.3 is 6.09 Å². The summed E-state index contributed by atoms with van der Waals surface area (Å²) in [6.07, 6.45) is 6.75. The van der Waals surface area contributed by atoms with Crippen molar-refractivity contribution in [2.45, 2.75) is 39.3 Å². The molecule has 0 spiro atoms. The van der Waals surface area contributed by atoms with E-state index in [0.717, 1.165) is 40.4 Å². The topological polar surface area (TPSA) is 109 Å². The average molecular weight is 496 g/mol. The van der Waals surface area contributed by atoms with E-state index in [1.54, 1.807) is 23.6 Å². The van der Waals surface area contributed by atoms with E-state index in [2.05, 4.69) is 21.8 Å². The standard InChI is InChI=1S/C24H25N5O3S2/c1-2-29-17(9-10-27-29)14-26-24(31)32-15-16-5-7-19-20(13-25)23(34-21(19)12-16)28-22(30)8-6-18-4-3-11-33-18/h3-4,6,8-11,16H,2,5,7,12,14-15H2,1H3,(H,26,31)(H,28,30)/b8-6+. The third kappa shape index (κ3) is 5.73. The summed E-state index contributed by atoms with van der Waals surface area (Å²) in [4.78, 5) is 26.6. The van der Waals surface area contributed by atoms with Crippen molar-refractivity contribution in [3.8, 4) is 6.07 Å². The molecule has 0 bridgehead atoms. The zero-order valence-electron chi connectivity index (χ0n) is 18.7. The molecule has 1 aliphatic carbocycles. The lowest BCUT2D eigenvalue weighted by Crippen LogP contribution is -2.28. The Balaban J connectivity index is 1.30. The van der Waals surface area contributed by atoms with Crippen molar-refractivity contribution < 1.29 is 14.3 Å². The van der Waals surface area contributed by atoms with Crippen LogP contribution in [0.4, 0.5) is 9.80 Å². The zero-order valence-corrected chi connectivity index (χ0v) is 20.4. The van der Waals surface area contributed by atoms with E-state index in [1.807, 2.05) is 35.2 Å². The monoisotopic (exact) mass is 495 g/mol. The summed E-state index contributed by atoms with van der Waals surface area (Å²) in [6.45, 7) is 3.40. The largest absolute Gasteiger partial charge is 0.449 e. The minimum Gasteiger partial charge on any atom is -0.449 e. The minimum atomic E-state index is -0.455. The molecule has 8 nitrogen and oxygen atoms in total. The summed E-state index contributed by atoms with van der Waals surface area (Å²) < 4.78 is 7.27. The highest BCUT2D eigenvalue weighted by molar-refractivity contribution is 7.16. The number of nitriles is 1. The van der Waals surface area contributed by atoms with Crippen LogP contribution in [0.3, 0.4) is 0 Å². The molecule has 1 atom stereocenters. The van der Waals surface area contributed by atoms with Crippen molar-refractivity contribution in [2.24, 2.45) is 5.92 Å². The number of ether oxygens (including phenoxy) is 1. The lowest BCUT2D eigenvalue weighted by molar-refractivity contribution is -0.111. The Kier molecular flexibility index (Phi) is 7.77. The van der Waals surface area contributed by atoms with Gasteiger partial charge in [-0.15, -0.1) is 22.7 Å². The second-order valence-electron chi connectivity index (χ2n) is 7.86. The molecule has 10 heteroatoms. The number of aromatic nitrogens is 2. The summed E-state index contributed by atoms with van der Waals surface area (Å²) in [6, 6.07) is 7.98. The van der Waals surface area contributed by atoms with Crippen LogP contribution >= 0.6 is 22.7 Å². The number of thiophene rings is 2. The van der Waals surface area contributed by atoms with Crippen LogP contribution in [0, 0.1) is 17.2 Å². The molecule has 2 amide bonds. The normalized spacial score (nSPS) is 15.0. The molecule has 3 aromatic heterocycles. The molecule has 0 aliphatic heterocycles. The predicted molar refractivity (Wildman–Crippen MR) is 133 cm³/mol. The van der Waals surface area contributed by atoms with Crippen LogP contribution in [0.2, 0.25) is 0 Å². The van der Waals surface area contributed by atoms with E-state index in [1.165, 1.54) is 17.4 Å². The highest BCUT2D eigenvalue weighted by Gasteiger charge is 2.27. The summed E-state index contributed by atoms with van der Waals surface area (Å²) in [7, 11) is 0. The highest BCUT2D eigenvalue weighted by Crippen LogP contribution is 2.39. The van der Waals surface area contributed by atoms with Gasteiger partial charge in [-0.3, -0.25) is 9.48 Å². The van der Waals surface area contributed by atoms with E-state index < -0.39 is 6.09 Å². The molecule has 0 aromatic carbocycles. The van der Waals surface area contributed by atoms with Gasteiger partial charge in [-0.1, -0.05) is 6.07 Å². The average Bonchev–Trinajstić information content (AvgIpc) is 3.59. The van der Waals surface area contributed by atoms with Crippen LogP contribution in [-0.2, 0) is 35.5 Å². The van der Waals surface area contributed by atoms with Gasteiger partial charge in [0.15, 0.2) is 0 Å². The number of aryl methyl sites for hydroxylation is 1. The molecule has 0 saturated heterocycles. The minimum absolute atomic E-state index is 0.173. The molecular weight excluding hydrogens is 470 g/mol. The van der Waals surface area contributed by atoms with Crippen LogP contribution in [0.1, 0.15) is 39.9 Å². The number of anilines is 1. The first-order chi connectivity index (χ1) is 16.6. The van der Waals surface area contributed by atoms with Gasteiger partial charge in [0.1, 0.15) is 11.1 Å². The molecule has 0 radical (unpaired) electrons. The van der Waals surface area contributed by atoms with E-state index in [9.17, 15) is 14.9 Å². The Labute approximate surface area is 205 Å². The number of rotatable bonds is 8. The summed E-state index contributed by atoms with van der Waals surface area (Å²) in [5.74, 6) is -0.0867. The molecule has 176 valence electrons. The number of hydrogen-bond acceptors (Lipinski definition) is 7. The zero-order chi connectivity index (χ0) is 23.9. The van der Waals surface area contributed by atoms with Gasteiger partial charge in [0.05, 0.1) is 24.4 Å². The van der Waals surface area contributed by atoms with Crippen molar-refractivity contribution >= 4 is 45.8 Å². The lowest BCUT2D eigenvalue weighted by atomic mass is 9.88. The Morgan fingerprint density at radius 1 is 1.41 bits per heavy atom. The number of hydrogen-bond donors (Lipinski definition) is 2. The highest BCUT2D eigenvalue weighted by atomic mass is 32.1. The maximum Gasteiger partial charge on any atom is 0.407 e. The van der Waals surface area contributed by atoms with E-state index in [-0.39, 0.29) is 11.8 Å². The smallest absolute Gasteiger partial charge is 0.407 e. The number of fused-ring (bicyclic) bond motifs is 1. The van der Waals surface area contributed by atoms with Gasteiger partial charge in [0.25, 0.3) is 0 Å². The number of nitrogens with one attached hydrogen (secondary N) is 2. The number of alkyl carbamates (subject to hydrolysis) is 1. The fourth-order valence-corrected chi connectivity index (χ4v) is 5.84. The molecule has 2 N–H and O–H groups in total. The number of nitrogens with zero attached hydrogens (tertiary/aromatic N) is 3. The number of carbonyl (C=O) groups is 2. The van der Waals surface area contributed by atoms with Gasteiger partial charge in [0.2, 0.25) is 5.91 Å². The van der Waals surface area contributed by atoms with E-state index >= 15 is 0 Å². The van der Waals surface area contributed by atoms with Crippen LogP contribution < -0.4 is 10.6 Å². The molecule has 0 saturated carbocycles. The van der Waals surface area contributed by atoms with Crippen LogP contribution in [-0.4, -0.2) is 28.4 Å².